The molecule has 128 valence electrons. The van der Waals surface area contributed by atoms with Crippen LogP contribution in [0.15, 0.2) is 0 Å². The zero-order valence-electron chi connectivity index (χ0n) is 14.7. The van der Waals surface area contributed by atoms with Gasteiger partial charge in [0.25, 0.3) is 0 Å². The van der Waals surface area contributed by atoms with E-state index < -0.39 is 11.1 Å². The van der Waals surface area contributed by atoms with Gasteiger partial charge < -0.3 is 24.7 Å². The van der Waals surface area contributed by atoms with E-state index >= 15 is 0 Å². The van der Waals surface area contributed by atoms with Crippen molar-refractivity contribution in [2.45, 2.75) is 64.3 Å². The van der Waals surface area contributed by atoms with E-state index in [4.69, 9.17) is 9.84 Å². The third-order valence-corrected chi connectivity index (χ3v) is 3.34. The lowest BCUT2D eigenvalue weighted by atomic mass is 9.61. The maximum absolute atomic E-state index is 12.4. The number of ether oxygens (including phenoxy) is 1. The standard InChI is InChI=1S/C14H31B2FN2O3/c1-11(15-17)16-18-10-14(4,5)22-9-6-12(21)19-13(2,3)7-8-20/h11,15-16,18,20H,6-10H2,1-5H3,(H,19,21). The highest BCUT2D eigenvalue weighted by Crippen LogP contribution is 2.10. The molecule has 1 atom stereocenters. The van der Waals surface area contributed by atoms with Crippen LogP contribution in [0.3, 0.4) is 0 Å². The summed E-state index contributed by atoms with van der Waals surface area (Å²) in [5.74, 6) is -0.0896. The smallest absolute Gasteiger partial charge is 0.328 e. The molecule has 3 N–H and O–H groups in total. The second-order valence-corrected chi connectivity index (χ2v) is 7.15. The van der Waals surface area contributed by atoms with Crippen LogP contribution in [0.1, 0.15) is 47.5 Å². The quantitative estimate of drug-likeness (QED) is 0.458. The van der Waals surface area contributed by atoms with Gasteiger partial charge in [0.15, 0.2) is 7.41 Å². The summed E-state index contributed by atoms with van der Waals surface area (Å²) in [4.78, 5) is 11.8. The third-order valence-electron chi connectivity index (χ3n) is 3.34. The predicted molar refractivity (Wildman–Crippen MR) is 91.4 cm³/mol. The summed E-state index contributed by atoms with van der Waals surface area (Å²) in [6, 6.07) is 0. The molecular formula is C14H31B2FN2O3. The Labute approximate surface area is 135 Å². The van der Waals surface area contributed by atoms with Crippen LogP contribution in [0.25, 0.3) is 0 Å². The summed E-state index contributed by atoms with van der Waals surface area (Å²) in [6.07, 6.45) is 0.793. The molecule has 0 aromatic carbocycles. The van der Waals surface area contributed by atoms with Gasteiger partial charge in [-0.3, -0.25) is 4.79 Å². The molecule has 0 saturated heterocycles. The number of aliphatic hydroxyl groups is 1. The van der Waals surface area contributed by atoms with E-state index in [-0.39, 0.29) is 32.2 Å². The zero-order valence-corrected chi connectivity index (χ0v) is 14.7. The molecule has 0 aliphatic heterocycles. The Hall–Kier alpha value is -0.590. The Morgan fingerprint density at radius 1 is 1.36 bits per heavy atom. The topological polar surface area (TPSA) is 70.6 Å². The highest BCUT2D eigenvalue weighted by molar-refractivity contribution is 6.53. The fourth-order valence-corrected chi connectivity index (χ4v) is 1.93. The fourth-order valence-electron chi connectivity index (χ4n) is 1.93. The third kappa shape index (κ3) is 11.0. The van der Waals surface area contributed by atoms with E-state index in [1.54, 1.807) is 0 Å². The van der Waals surface area contributed by atoms with Crippen molar-refractivity contribution in [3.8, 4) is 0 Å². The number of hydrogen-bond donors (Lipinski definition) is 3. The molecule has 0 bridgehead atoms. The minimum atomic E-state index is -0.411. The van der Waals surface area contributed by atoms with Crippen molar-refractivity contribution in [3.63, 3.8) is 0 Å². The van der Waals surface area contributed by atoms with Gasteiger partial charge in [-0.15, -0.1) is 0 Å². The first-order valence-electron chi connectivity index (χ1n) is 7.94. The molecule has 0 saturated carbocycles. The minimum Gasteiger partial charge on any atom is -0.396 e. The first-order valence-corrected chi connectivity index (χ1v) is 7.94. The highest BCUT2D eigenvalue weighted by Gasteiger charge is 2.22. The number of halogens is 1. The number of amides is 1. The average Bonchev–Trinajstić information content (AvgIpc) is 2.36. The molecule has 0 aromatic rings. The summed E-state index contributed by atoms with van der Waals surface area (Å²) < 4.78 is 18.1. The SMILES string of the molecule is CC(BF)BNCC(C)(C)OCCC(=O)NC(C)(C)CCO. The Morgan fingerprint density at radius 2 is 2.00 bits per heavy atom. The van der Waals surface area contributed by atoms with Gasteiger partial charge in [-0.25, -0.2) is 0 Å². The van der Waals surface area contributed by atoms with Gasteiger partial charge in [0.2, 0.25) is 5.91 Å². The molecule has 0 radical (unpaired) electrons. The summed E-state index contributed by atoms with van der Waals surface area (Å²) >= 11 is 0. The van der Waals surface area contributed by atoms with Gasteiger partial charge in [0, 0.05) is 18.7 Å². The monoisotopic (exact) mass is 316 g/mol. The van der Waals surface area contributed by atoms with Crippen LogP contribution in [0.5, 0.6) is 0 Å². The molecule has 8 heteroatoms. The Bertz CT molecular complexity index is 331. The lowest BCUT2D eigenvalue weighted by Gasteiger charge is -2.28. The van der Waals surface area contributed by atoms with Crippen molar-refractivity contribution < 1.29 is 19.0 Å². The second kappa shape index (κ2) is 10.2. The molecule has 0 fully saturated rings. The fraction of sp³-hybridized carbons (Fsp3) is 0.929. The van der Waals surface area contributed by atoms with Crippen molar-refractivity contribution >= 4 is 20.9 Å². The number of carbonyl (C=O) groups is 1. The van der Waals surface area contributed by atoms with Crippen molar-refractivity contribution in [1.82, 2.24) is 10.5 Å². The van der Waals surface area contributed by atoms with Crippen LogP contribution in [0.4, 0.5) is 4.32 Å². The van der Waals surface area contributed by atoms with Crippen LogP contribution in [0.2, 0.25) is 5.72 Å². The summed E-state index contributed by atoms with van der Waals surface area (Å²) in [7, 11) is 0.275. The summed E-state index contributed by atoms with van der Waals surface area (Å²) in [6.45, 7) is 10.5. The van der Waals surface area contributed by atoms with Crippen LogP contribution in [0, 0.1) is 0 Å². The number of rotatable bonds is 12. The number of nitrogens with one attached hydrogen (secondary N) is 2. The molecule has 1 amide bonds. The van der Waals surface area contributed by atoms with E-state index in [0.717, 1.165) is 0 Å². The van der Waals surface area contributed by atoms with Crippen molar-refractivity contribution in [2.75, 3.05) is 19.8 Å². The van der Waals surface area contributed by atoms with Crippen LogP contribution in [-0.2, 0) is 9.53 Å². The highest BCUT2D eigenvalue weighted by atomic mass is 19.1. The van der Waals surface area contributed by atoms with Gasteiger partial charge in [-0.1, -0.05) is 6.92 Å². The van der Waals surface area contributed by atoms with E-state index in [9.17, 15) is 9.11 Å². The predicted octanol–water partition coefficient (Wildman–Crippen LogP) is 0.477. The van der Waals surface area contributed by atoms with Gasteiger partial charge in [-0.2, -0.15) is 0 Å². The maximum Gasteiger partial charge on any atom is 0.328 e. The maximum atomic E-state index is 12.4. The summed E-state index contributed by atoms with van der Waals surface area (Å²) in [5, 5.41) is 15.0. The molecule has 0 rings (SSSR count). The number of hydrogen-bond acceptors (Lipinski definition) is 4. The van der Waals surface area contributed by atoms with E-state index in [0.29, 0.717) is 27.0 Å². The number of aliphatic hydroxyl groups excluding tert-OH is 1. The lowest BCUT2D eigenvalue weighted by molar-refractivity contribution is -0.125. The van der Waals surface area contributed by atoms with Gasteiger partial charge in [0.05, 0.1) is 18.6 Å². The zero-order chi connectivity index (χ0) is 17.2. The van der Waals surface area contributed by atoms with E-state index in [1.165, 1.54) is 0 Å². The molecule has 0 heterocycles. The molecule has 22 heavy (non-hydrogen) atoms. The number of carbonyl (C=O) groups excluding carboxylic acids is 1. The Balaban J connectivity index is 3.94. The molecule has 0 aliphatic rings. The molecule has 1 unspecified atom stereocenters. The van der Waals surface area contributed by atoms with Crippen LogP contribution in [-0.4, -0.2) is 56.9 Å². The average molecular weight is 316 g/mol. The van der Waals surface area contributed by atoms with Crippen molar-refractivity contribution in [3.05, 3.63) is 0 Å². The van der Waals surface area contributed by atoms with Crippen molar-refractivity contribution in [1.29, 1.82) is 0 Å². The van der Waals surface area contributed by atoms with Crippen molar-refractivity contribution in [2.24, 2.45) is 0 Å². The molecule has 0 spiro atoms. The van der Waals surface area contributed by atoms with Crippen LogP contribution < -0.4 is 10.5 Å². The molecule has 0 aliphatic carbocycles. The normalized spacial score (nSPS) is 13.6. The Morgan fingerprint density at radius 3 is 2.55 bits per heavy atom. The summed E-state index contributed by atoms with van der Waals surface area (Å²) in [5.41, 5.74) is -0.821. The van der Waals surface area contributed by atoms with Crippen LogP contribution >= 0.6 is 0 Å². The molecular weight excluding hydrogens is 285 g/mol. The first-order chi connectivity index (χ1) is 10.1. The first kappa shape index (κ1) is 21.4. The Kier molecular flexibility index (Phi) is 9.96. The lowest BCUT2D eigenvalue weighted by Crippen LogP contribution is -2.45. The second-order valence-electron chi connectivity index (χ2n) is 7.15. The van der Waals surface area contributed by atoms with Gasteiger partial charge >= 0.3 is 7.56 Å². The minimum absolute atomic E-state index is 0.00432. The molecule has 0 aromatic heterocycles. The van der Waals surface area contributed by atoms with Gasteiger partial charge in [-0.05, 0) is 39.8 Å². The van der Waals surface area contributed by atoms with Gasteiger partial charge in [0.1, 0.15) is 0 Å². The largest absolute Gasteiger partial charge is 0.396 e. The molecule has 5 nitrogen and oxygen atoms in total. The van der Waals surface area contributed by atoms with E-state index in [1.807, 2.05) is 34.6 Å². The van der Waals surface area contributed by atoms with E-state index in [2.05, 4.69) is 10.5 Å².